The third kappa shape index (κ3) is 3.60. The molecule has 0 aliphatic carbocycles. The quantitative estimate of drug-likeness (QED) is 0.526. The molecule has 5 heteroatoms. The van der Waals surface area contributed by atoms with E-state index < -0.39 is 0 Å². The number of anilines is 1. The Morgan fingerprint density at radius 2 is 1.76 bits per heavy atom. The molecule has 2 aliphatic rings. The van der Waals surface area contributed by atoms with Crippen LogP contribution in [-0.2, 0) is 0 Å². The zero-order chi connectivity index (χ0) is 19.8. The van der Waals surface area contributed by atoms with Gasteiger partial charge in [0.15, 0.2) is 0 Å². The second kappa shape index (κ2) is 7.20. The molecule has 3 aromatic rings. The van der Waals surface area contributed by atoms with E-state index in [1.165, 1.54) is 11.1 Å². The maximum Gasteiger partial charge on any atom is 0.134 e. The molecule has 3 heterocycles. The highest BCUT2D eigenvalue weighted by Crippen LogP contribution is 2.39. The molecular weight excluding hydrogens is 382 g/mol. The van der Waals surface area contributed by atoms with Gasteiger partial charge in [-0.3, -0.25) is 0 Å². The normalized spacial score (nSPS) is 17.1. The van der Waals surface area contributed by atoms with Gasteiger partial charge in [0.05, 0.1) is 0 Å². The van der Waals surface area contributed by atoms with Crippen LogP contribution < -0.4 is 9.64 Å². The number of hydrogen-bond acceptors (Lipinski definition) is 4. The number of benzene rings is 2. The van der Waals surface area contributed by atoms with E-state index in [9.17, 15) is 0 Å². The minimum Gasteiger partial charge on any atom is -0.482 e. The summed E-state index contributed by atoms with van der Waals surface area (Å²) >= 11 is 6.11. The van der Waals surface area contributed by atoms with Crippen molar-refractivity contribution in [1.29, 1.82) is 0 Å². The number of piperidine rings is 1. The Hall–Kier alpha value is -2.85. The van der Waals surface area contributed by atoms with Crippen LogP contribution in [0.4, 0.5) is 5.82 Å². The van der Waals surface area contributed by atoms with Gasteiger partial charge in [-0.25, -0.2) is 9.97 Å². The average Bonchev–Trinajstić information content (AvgIpc) is 2.74. The first-order valence-corrected chi connectivity index (χ1v) is 10.3. The first kappa shape index (κ1) is 18.2. The van der Waals surface area contributed by atoms with Crippen molar-refractivity contribution in [3.05, 3.63) is 77.2 Å². The summed E-state index contributed by atoms with van der Waals surface area (Å²) in [5, 5.41) is 0.491. The molecule has 5 rings (SSSR count). The van der Waals surface area contributed by atoms with E-state index >= 15 is 0 Å². The number of ether oxygens (including phenoxy) is 1. The molecule has 146 valence electrons. The highest BCUT2D eigenvalue weighted by Gasteiger charge is 2.37. The molecule has 1 spiro atoms. The van der Waals surface area contributed by atoms with Crippen molar-refractivity contribution in [3.8, 4) is 16.9 Å². The third-order valence-corrected chi connectivity index (χ3v) is 5.92. The molecule has 0 bridgehead atoms. The van der Waals surface area contributed by atoms with Crippen molar-refractivity contribution in [3.63, 3.8) is 0 Å². The van der Waals surface area contributed by atoms with Gasteiger partial charge >= 0.3 is 0 Å². The smallest absolute Gasteiger partial charge is 0.134 e. The van der Waals surface area contributed by atoms with Crippen LogP contribution in [0.1, 0.15) is 24.2 Å². The number of rotatable bonds is 2. The minimum absolute atomic E-state index is 0.246. The van der Waals surface area contributed by atoms with Crippen molar-refractivity contribution in [2.24, 2.45) is 0 Å². The summed E-state index contributed by atoms with van der Waals surface area (Å²) in [6.07, 6.45) is 6.26. The van der Waals surface area contributed by atoms with Gasteiger partial charge in [0, 0.05) is 37.6 Å². The van der Waals surface area contributed by atoms with Gasteiger partial charge in [-0.15, -0.1) is 0 Å². The molecule has 1 fully saturated rings. The maximum absolute atomic E-state index is 6.51. The number of fused-ring (bicyclic) bond motifs is 1. The Labute approximate surface area is 175 Å². The second-order valence-electron chi connectivity index (χ2n) is 7.70. The van der Waals surface area contributed by atoms with Crippen molar-refractivity contribution in [2.45, 2.75) is 25.4 Å². The number of aromatic nitrogens is 2. The van der Waals surface area contributed by atoms with Crippen LogP contribution in [0, 0.1) is 6.92 Å². The van der Waals surface area contributed by atoms with Gasteiger partial charge in [0.1, 0.15) is 28.1 Å². The lowest BCUT2D eigenvalue weighted by molar-refractivity contribution is 0.0891. The van der Waals surface area contributed by atoms with Gasteiger partial charge in [-0.05, 0) is 36.3 Å². The molecule has 0 amide bonds. The number of aryl methyl sites for hydroxylation is 1. The summed E-state index contributed by atoms with van der Waals surface area (Å²) in [5.74, 6) is 2.55. The van der Waals surface area contributed by atoms with Gasteiger partial charge in [0.2, 0.25) is 0 Å². The van der Waals surface area contributed by atoms with E-state index in [0.29, 0.717) is 11.0 Å². The fourth-order valence-corrected chi connectivity index (χ4v) is 4.36. The molecular formula is C24H22ClN3O. The number of nitrogens with zero attached hydrogens (tertiary/aromatic N) is 3. The summed E-state index contributed by atoms with van der Waals surface area (Å²) < 4.78 is 6.51. The zero-order valence-electron chi connectivity index (χ0n) is 16.3. The van der Waals surface area contributed by atoms with Gasteiger partial charge < -0.3 is 9.64 Å². The lowest BCUT2D eigenvalue weighted by Gasteiger charge is -2.42. The SMILES string of the molecule is Cc1nc(Cl)cc(N2CCC3(C=Cc4cc(-c5ccccc5)ccc4O3)CC2)n1. The molecule has 0 saturated carbocycles. The van der Waals surface area contributed by atoms with Crippen LogP contribution in [0.3, 0.4) is 0 Å². The van der Waals surface area contributed by atoms with E-state index in [1.54, 1.807) is 0 Å². The first-order valence-electron chi connectivity index (χ1n) is 9.94. The van der Waals surface area contributed by atoms with E-state index in [2.05, 4.69) is 69.5 Å². The Bertz CT molecular complexity index is 1050. The highest BCUT2D eigenvalue weighted by molar-refractivity contribution is 6.29. The summed E-state index contributed by atoms with van der Waals surface area (Å²) in [6, 6.07) is 18.7. The number of halogens is 1. The van der Waals surface area contributed by atoms with Gasteiger partial charge in [-0.2, -0.15) is 0 Å². The first-order chi connectivity index (χ1) is 14.1. The Balaban J connectivity index is 1.33. The molecule has 2 aromatic carbocycles. The van der Waals surface area contributed by atoms with Crippen molar-refractivity contribution < 1.29 is 4.74 Å². The summed E-state index contributed by atoms with van der Waals surface area (Å²) in [4.78, 5) is 11.0. The van der Waals surface area contributed by atoms with E-state index in [1.807, 2.05) is 19.1 Å². The monoisotopic (exact) mass is 403 g/mol. The molecule has 4 nitrogen and oxygen atoms in total. The highest BCUT2D eigenvalue weighted by atomic mass is 35.5. The van der Waals surface area contributed by atoms with Crippen LogP contribution in [0.2, 0.25) is 5.15 Å². The molecule has 0 radical (unpaired) electrons. The standard InChI is InChI=1S/C24H22ClN3O/c1-17-26-22(25)16-23(27-17)28-13-11-24(12-14-28)10-9-20-15-19(7-8-21(20)29-24)18-5-3-2-4-6-18/h2-10,15-16H,11-14H2,1H3. The van der Waals surface area contributed by atoms with E-state index in [4.69, 9.17) is 16.3 Å². The van der Waals surface area contributed by atoms with Crippen molar-refractivity contribution >= 4 is 23.5 Å². The second-order valence-corrected chi connectivity index (χ2v) is 8.09. The Morgan fingerprint density at radius 1 is 0.966 bits per heavy atom. The summed E-state index contributed by atoms with van der Waals surface area (Å²) in [7, 11) is 0. The summed E-state index contributed by atoms with van der Waals surface area (Å²) in [5.41, 5.74) is 3.32. The maximum atomic E-state index is 6.51. The summed E-state index contributed by atoms with van der Waals surface area (Å²) in [6.45, 7) is 3.61. The topological polar surface area (TPSA) is 38.2 Å². The van der Waals surface area contributed by atoms with Crippen LogP contribution >= 0.6 is 11.6 Å². The van der Waals surface area contributed by atoms with E-state index in [-0.39, 0.29) is 5.60 Å². The predicted molar refractivity (Wildman–Crippen MR) is 117 cm³/mol. The minimum atomic E-state index is -0.246. The number of hydrogen-bond donors (Lipinski definition) is 0. The lowest BCUT2D eigenvalue weighted by Crippen LogP contribution is -2.48. The Kier molecular flexibility index (Phi) is 4.51. The molecule has 0 N–H and O–H groups in total. The van der Waals surface area contributed by atoms with Crippen LogP contribution in [0.15, 0.2) is 60.7 Å². The van der Waals surface area contributed by atoms with Crippen LogP contribution in [-0.4, -0.2) is 28.7 Å². The fraction of sp³-hybridized carbons (Fsp3) is 0.250. The molecule has 0 unspecified atom stereocenters. The zero-order valence-corrected chi connectivity index (χ0v) is 17.1. The van der Waals surface area contributed by atoms with Gasteiger partial charge in [0.25, 0.3) is 0 Å². The van der Waals surface area contributed by atoms with Crippen molar-refractivity contribution in [2.75, 3.05) is 18.0 Å². The molecule has 1 saturated heterocycles. The van der Waals surface area contributed by atoms with Crippen LogP contribution in [0.5, 0.6) is 5.75 Å². The average molecular weight is 404 g/mol. The molecule has 0 atom stereocenters. The largest absolute Gasteiger partial charge is 0.482 e. The molecule has 2 aliphatic heterocycles. The van der Waals surface area contributed by atoms with Crippen LogP contribution in [0.25, 0.3) is 17.2 Å². The molecule has 1 aromatic heterocycles. The molecule has 29 heavy (non-hydrogen) atoms. The van der Waals surface area contributed by atoms with E-state index in [0.717, 1.165) is 43.1 Å². The Morgan fingerprint density at radius 3 is 2.52 bits per heavy atom. The lowest BCUT2D eigenvalue weighted by atomic mass is 9.87. The fourth-order valence-electron chi connectivity index (χ4n) is 4.14. The predicted octanol–water partition coefficient (Wildman–Crippen LogP) is 5.55. The van der Waals surface area contributed by atoms with Gasteiger partial charge in [-0.1, -0.05) is 54.1 Å². The third-order valence-electron chi connectivity index (χ3n) is 5.72. The van der Waals surface area contributed by atoms with Crippen molar-refractivity contribution in [1.82, 2.24) is 9.97 Å².